The van der Waals surface area contributed by atoms with Gasteiger partial charge < -0.3 is 10.7 Å². The molecule has 1 heterocycles. The van der Waals surface area contributed by atoms with Crippen molar-refractivity contribution < 1.29 is 4.79 Å². The number of nitrogens with two attached hydrogens (primary N) is 1. The van der Waals surface area contributed by atoms with Crippen molar-refractivity contribution in [2.45, 2.75) is 13.8 Å². The average molecular weight is 256 g/mol. The van der Waals surface area contributed by atoms with Gasteiger partial charge in [0.1, 0.15) is 5.82 Å². The molecule has 2 rings (SSSR count). The molecule has 19 heavy (non-hydrogen) atoms. The van der Waals surface area contributed by atoms with Gasteiger partial charge in [-0.2, -0.15) is 0 Å². The highest BCUT2D eigenvalue weighted by molar-refractivity contribution is 6.05. The number of nitrogen functional groups attached to an aromatic ring is 1. The third kappa shape index (κ3) is 2.89. The number of carbonyl (C=O) groups is 1. The Hall–Kier alpha value is -2.40. The fraction of sp³-hybridized carbons (Fsp3) is 0.143. The summed E-state index contributed by atoms with van der Waals surface area (Å²) in [7, 11) is 0. The van der Waals surface area contributed by atoms with E-state index in [0.29, 0.717) is 11.4 Å². The van der Waals surface area contributed by atoms with Gasteiger partial charge in [-0.25, -0.2) is 10.8 Å². The van der Waals surface area contributed by atoms with E-state index < -0.39 is 0 Å². The first-order valence-corrected chi connectivity index (χ1v) is 5.92. The molecule has 5 heteroatoms. The predicted octanol–water partition coefficient (Wildman–Crippen LogP) is 2.24. The summed E-state index contributed by atoms with van der Waals surface area (Å²) in [5, 5.41) is 2.88. The molecule has 98 valence electrons. The summed E-state index contributed by atoms with van der Waals surface area (Å²) in [6.45, 7) is 3.98. The maximum atomic E-state index is 12.1. The molecule has 0 unspecified atom stereocenters. The number of benzene rings is 1. The molecule has 5 nitrogen and oxygen atoms in total. The van der Waals surface area contributed by atoms with Crippen LogP contribution in [0.15, 0.2) is 36.5 Å². The van der Waals surface area contributed by atoms with Crippen molar-refractivity contribution in [3.8, 4) is 0 Å². The van der Waals surface area contributed by atoms with Crippen LogP contribution in [-0.4, -0.2) is 10.9 Å². The second-order valence-electron chi connectivity index (χ2n) is 4.28. The third-order valence-electron chi connectivity index (χ3n) is 3.02. The Labute approximate surface area is 111 Å². The Morgan fingerprint density at radius 2 is 2.05 bits per heavy atom. The number of nitrogens with zero attached hydrogens (tertiary/aromatic N) is 1. The fourth-order valence-corrected chi connectivity index (χ4v) is 1.73. The molecule has 1 amide bonds. The summed E-state index contributed by atoms with van der Waals surface area (Å²) in [6, 6.07) is 9.04. The van der Waals surface area contributed by atoms with Gasteiger partial charge in [0.2, 0.25) is 0 Å². The van der Waals surface area contributed by atoms with Crippen LogP contribution in [-0.2, 0) is 0 Å². The molecular weight excluding hydrogens is 240 g/mol. The first kappa shape index (κ1) is 13.0. The highest BCUT2D eigenvalue weighted by atomic mass is 16.1. The minimum Gasteiger partial charge on any atom is -0.322 e. The van der Waals surface area contributed by atoms with Crippen LogP contribution >= 0.6 is 0 Å². The number of amides is 1. The largest absolute Gasteiger partial charge is 0.322 e. The van der Waals surface area contributed by atoms with Crippen molar-refractivity contribution in [3.05, 3.63) is 53.2 Å². The lowest BCUT2D eigenvalue weighted by Crippen LogP contribution is -2.15. The number of hydrogen-bond donors (Lipinski definition) is 3. The lowest BCUT2D eigenvalue weighted by molar-refractivity contribution is 0.102. The van der Waals surface area contributed by atoms with Crippen LogP contribution in [0.2, 0.25) is 0 Å². The minimum atomic E-state index is -0.187. The summed E-state index contributed by atoms with van der Waals surface area (Å²) in [6.07, 6.45) is 1.53. The lowest BCUT2D eigenvalue weighted by atomic mass is 10.1. The number of hydrogen-bond acceptors (Lipinski definition) is 4. The first-order chi connectivity index (χ1) is 9.11. The number of pyridine rings is 1. The monoisotopic (exact) mass is 256 g/mol. The molecular formula is C14H16N4O. The molecule has 0 aliphatic heterocycles. The number of rotatable bonds is 3. The number of nitrogens with one attached hydrogen (secondary N) is 2. The van der Waals surface area contributed by atoms with Crippen molar-refractivity contribution in [1.29, 1.82) is 0 Å². The summed E-state index contributed by atoms with van der Waals surface area (Å²) in [4.78, 5) is 16.1. The van der Waals surface area contributed by atoms with E-state index in [9.17, 15) is 4.79 Å². The Morgan fingerprint density at radius 1 is 1.26 bits per heavy atom. The van der Waals surface area contributed by atoms with E-state index in [-0.39, 0.29) is 5.91 Å². The zero-order valence-electron chi connectivity index (χ0n) is 10.9. The summed E-state index contributed by atoms with van der Waals surface area (Å²) in [5.74, 6) is 5.54. The maximum Gasteiger partial charge on any atom is 0.255 e. The van der Waals surface area contributed by atoms with Crippen LogP contribution in [0.25, 0.3) is 0 Å². The first-order valence-electron chi connectivity index (χ1n) is 5.92. The van der Waals surface area contributed by atoms with Crippen LogP contribution in [0, 0.1) is 13.8 Å². The van der Waals surface area contributed by atoms with Gasteiger partial charge in [-0.1, -0.05) is 12.1 Å². The quantitative estimate of drug-likeness (QED) is 0.581. The highest BCUT2D eigenvalue weighted by Gasteiger charge is 2.09. The lowest BCUT2D eigenvalue weighted by Gasteiger charge is -2.10. The Bertz CT molecular complexity index is 610. The highest BCUT2D eigenvalue weighted by Crippen LogP contribution is 2.19. The zero-order valence-corrected chi connectivity index (χ0v) is 10.9. The SMILES string of the molecule is Cc1cccc(NC(=O)c2ccnc(NN)c2)c1C. The maximum absolute atomic E-state index is 12.1. The Balaban J connectivity index is 2.23. The van der Waals surface area contributed by atoms with Crippen LogP contribution in [0.3, 0.4) is 0 Å². The average Bonchev–Trinajstić information content (AvgIpc) is 2.44. The van der Waals surface area contributed by atoms with Crippen LogP contribution in [0.1, 0.15) is 21.5 Å². The van der Waals surface area contributed by atoms with E-state index in [4.69, 9.17) is 5.84 Å². The van der Waals surface area contributed by atoms with Gasteiger partial charge in [-0.3, -0.25) is 4.79 Å². The minimum absolute atomic E-state index is 0.187. The molecule has 0 bridgehead atoms. The van der Waals surface area contributed by atoms with E-state index in [1.807, 2.05) is 32.0 Å². The predicted molar refractivity (Wildman–Crippen MR) is 75.9 cm³/mol. The molecule has 0 atom stereocenters. The smallest absolute Gasteiger partial charge is 0.255 e. The van der Waals surface area contributed by atoms with Crippen molar-refractivity contribution in [1.82, 2.24) is 4.98 Å². The second kappa shape index (κ2) is 5.49. The van der Waals surface area contributed by atoms with E-state index in [2.05, 4.69) is 15.7 Å². The van der Waals surface area contributed by atoms with E-state index >= 15 is 0 Å². The second-order valence-corrected chi connectivity index (χ2v) is 4.28. The molecule has 2 aromatic rings. The van der Waals surface area contributed by atoms with Crippen molar-refractivity contribution >= 4 is 17.4 Å². The molecule has 4 N–H and O–H groups in total. The Morgan fingerprint density at radius 3 is 2.79 bits per heavy atom. The van der Waals surface area contributed by atoms with Crippen LogP contribution < -0.4 is 16.6 Å². The normalized spacial score (nSPS) is 10.1. The van der Waals surface area contributed by atoms with Gasteiger partial charge in [0.05, 0.1) is 0 Å². The summed E-state index contributed by atoms with van der Waals surface area (Å²) in [5.41, 5.74) is 5.92. The van der Waals surface area contributed by atoms with Gasteiger partial charge in [0.25, 0.3) is 5.91 Å². The van der Waals surface area contributed by atoms with Gasteiger partial charge >= 0.3 is 0 Å². The topological polar surface area (TPSA) is 80.0 Å². The van der Waals surface area contributed by atoms with Gasteiger partial charge in [0, 0.05) is 17.4 Å². The molecule has 0 radical (unpaired) electrons. The molecule has 0 spiro atoms. The van der Waals surface area contributed by atoms with Crippen molar-refractivity contribution in [3.63, 3.8) is 0 Å². The number of hydrazine groups is 1. The molecule has 1 aromatic heterocycles. The molecule has 0 aliphatic carbocycles. The van der Waals surface area contributed by atoms with E-state index in [1.54, 1.807) is 12.1 Å². The molecule has 0 saturated heterocycles. The third-order valence-corrected chi connectivity index (χ3v) is 3.02. The molecule has 1 aromatic carbocycles. The molecule has 0 saturated carbocycles. The summed E-state index contributed by atoms with van der Waals surface area (Å²) < 4.78 is 0. The van der Waals surface area contributed by atoms with Crippen LogP contribution in [0.4, 0.5) is 11.5 Å². The van der Waals surface area contributed by atoms with E-state index in [1.165, 1.54) is 6.20 Å². The van der Waals surface area contributed by atoms with Crippen molar-refractivity contribution in [2.24, 2.45) is 5.84 Å². The molecule has 0 fully saturated rings. The van der Waals surface area contributed by atoms with Crippen molar-refractivity contribution in [2.75, 3.05) is 10.7 Å². The standard InChI is InChI=1S/C14H16N4O/c1-9-4-3-5-12(10(9)2)17-14(19)11-6-7-16-13(8-11)18-15/h3-8H,15H2,1-2H3,(H,16,18)(H,17,19). The summed E-state index contributed by atoms with van der Waals surface area (Å²) >= 11 is 0. The van der Waals surface area contributed by atoms with Gasteiger partial charge in [0.15, 0.2) is 0 Å². The molecule has 0 aliphatic rings. The zero-order chi connectivity index (χ0) is 13.8. The number of aromatic nitrogens is 1. The Kier molecular flexibility index (Phi) is 3.77. The number of aryl methyl sites for hydroxylation is 1. The number of anilines is 2. The van der Waals surface area contributed by atoms with Crippen LogP contribution in [0.5, 0.6) is 0 Å². The fourth-order valence-electron chi connectivity index (χ4n) is 1.73. The van der Waals surface area contributed by atoms with Gasteiger partial charge in [-0.05, 0) is 43.2 Å². The van der Waals surface area contributed by atoms with Gasteiger partial charge in [-0.15, -0.1) is 0 Å². The number of carbonyl (C=O) groups excluding carboxylic acids is 1. The van der Waals surface area contributed by atoms with E-state index in [0.717, 1.165) is 16.8 Å².